The molecule has 74 heavy (non-hydrogen) atoms. The second-order valence-corrected chi connectivity index (χ2v) is 20.8. The van der Waals surface area contributed by atoms with Crippen LogP contribution in [0.3, 0.4) is 0 Å². The summed E-state index contributed by atoms with van der Waals surface area (Å²) in [6.45, 7) is 15.7. The lowest BCUT2D eigenvalue weighted by Crippen LogP contribution is -3.00. The van der Waals surface area contributed by atoms with Crippen LogP contribution in [0.5, 0.6) is 0 Å². The first-order valence-corrected chi connectivity index (χ1v) is 28.3. The van der Waals surface area contributed by atoms with Crippen LogP contribution in [0.2, 0.25) is 0 Å². The zero-order chi connectivity index (χ0) is 50.0. The molecule has 4 aliphatic heterocycles. The standard InChI is InChI=1S/C27H51N8OS.C26H48N5O.5ClH/c1-2-3-4-5-6-7-8-9-10-11-15-27(36)23(37-21-17-33-26(30)31)22-24-34(19-14-20-35(24)27)18-13-12-16-32-25(28)29;1-2-3-4-5-6-7-8-9-10-11-12-13-18-26(32)19-17-24-30(22-16-23-31(24)26)21-15-14-20-29-25(27)28;;;;;/h2,22,36H,1,3-21H2,(H4,28,29,32)(H4,30,31,33);2,17,19,32H,1,3-16,18,20-23H2,(H4,27,28,29);5*1H/q2*+1;;;;;/p-2. The molecule has 4 heterocycles. The van der Waals surface area contributed by atoms with Crippen molar-refractivity contribution in [1.29, 1.82) is 0 Å². The number of thioether (sulfide) groups is 1. The van der Waals surface area contributed by atoms with Crippen molar-refractivity contribution in [3.05, 3.63) is 48.4 Å². The van der Waals surface area contributed by atoms with E-state index in [-0.39, 0.29) is 74.0 Å². The van der Waals surface area contributed by atoms with Gasteiger partial charge in [0.2, 0.25) is 11.4 Å². The minimum atomic E-state index is -0.925. The monoisotopic (exact) mass is 1160 g/mol. The van der Waals surface area contributed by atoms with Gasteiger partial charge in [-0.1, -0.05) is 102 Å². The maximum Gasteiger partial charge on any atom is 0.338 e. The van der Waals surface area contributed by atoms with Crippen molar-refractivity contribution in [2.75, 3.05) is 64.7 Å². The Bertz CT molecular complexity index is 1730. The number of rotatable bonds is 38. The second kappa shape index (κ2) is 45.4. The van der Waals surface area contributed by atoms with Gasteiger partial charge < -0.3 is 72.2 Å². The SMILES string of the molecule is C=CCCCCCCCCCCC1(O)C(SCC[NH+]=C(N)N)=CC2=[N+](CCCC[NH+]=C(N)N)CCCN21.C=CCCCCCCCCCCCCC1(O)C=CC2=[N+](CCCC[NH+]=C(N)N)CCCN21.[Cl-].[Cl-].[Cl-].[Cl-].[Cl-]. The molecule has 0 fully saturated rings. The molecule has 15 nitrogen and oxygen atoms in total. The normalized spacial score (nSPS) is 18.1. The molecule has 4 rings (SSSR count). The van der Waals surface area contributed by atoms with E-state index in [4.69, 9.17) is 34.4 Å². The Morgan fingerprint density at radius 3 is 1.41 bits per heavy atom. The van der Waals surface area contributed by atoms with E-state index in [0.29, 0.717) is 12.5 Å². The van der Waals surface area contributed by atoms with Crippen LogP contribution in [0.4, 0.5) is 0 Å². The van der Waals surface area contributed by atoms with Crippen LogP contribution in [-0.2, 0) is 0 Å². The second-order valence-electron chi connectivity index (χ2n) is 19.7. The maximum atomic E-state index is 12.0. The smallest absolute Gasteiger partial charge is 0.338 e. The van der Waals surface area contributed by atoms with Crippen LogP contribution in [0.15, 0.2) is 48.4 Å². The van der Waals surface area contributed by atoms with Gasteiger partial charge in [-0.3, -0.25) is 58.5 Å². The Morgan fingerprint density at radius 2 is 0.946 bits per heavy atom. The number of hydrogen-bond donors (Lipinski definition) is 11. The van der Waals surface area contributed by atoms with Gasteiger partial charge in [0.15, 0.2) is 0 Å². The highest BCUT2D eigenvalue weighted by Gasteiger charge is 2.52. The molecule has 0 aromatic heterocycles. The summed E-state index contributed by atoms with van der Waals surface area (Å²) < 4.78 is 4.85. The highest BCUT2D eigenvalue weighted by atomic mass is 35.5. The lowest BCUT2D eigenvalue weighted by Gasteiger charge is -2.34. The molecule has 0 aromatic carbocycles. The van der Waals surface area contributed by atoms with E-state index >= 15 is 0 Å². The summed E-state index contributed by atoms with van der Waals surface area (Å²) in [7, 11) is 0. The maximum absolute atomic E-state index is 12.0. The largest absolute Gasteiger partial charge is 1.00 e. The average molecular weight is 1160 g/mol. The minimum absolute atomic E-state index is 0. The zero-order valence-electron chi connectivity index (χ0n) is 45.1. The Labute approximate surface area is 483 Å². The van der Waals surface area contributed by atoms with E-state index in [1.54, 1.807) is 11.8 Å². The highest BCUT2D eigenvalue weighted by Crippen LogP contribution is 2.41. The number of guanidine groups is 3. The van der Waals surface area contributed by atoms with Gasteiger partial charge in [0, 0.05) is 43.6 Å². The van der Waals surface area contributed by atoms with Crippen LogP contribution in [0, 0.1) is 0 Å². The lowest BCUT2D eigenvalue weighted by molar-refractivity contribution is -0.541. The number of allylic oxidation sites excluding steroid dienone is 2. The van der Waals surface area contributed by atoms with Gasteiger partial charge in [0.05, 0.1) is 63.8 Å². The summed E-state index contributed by atoms with van der Waals surface area (Å²) in [6.07, 6.45) is 43.6. The van der Waals surface area contributed by atoms with Crippen molar-refractivity contribution in [3.63, 3.8) is 0 Å². The number of hydrogen-bond acceptors (Lipinski definition) is 5. The number of amidine groups is 2. The molecule has 2 atom stereocenters. The van der Waals surface area contributed by atoms with Crippen LogP contribution in [-0.4, -0.2) is 135 Å². The number of fused-ring (bicyclic) bond motifs is 2. The Kier molecular flexibility index (Phi) is 46.5. The fraction of sp³-hybridized carbons (Fsp3) is 0.755. The molecule has 0 aromatic rings. The molecule has 21 heteroatoms. The third-order valence-corrected chi connectivity index (χ3v) is 15.0. The van der Waals surface area contributed by atoms with E-state index in [1.165, 1.54) is 102 Å². The molecule has 0 saturated carbocycles. The van der Waals surface area contributed by atoms with Crippen molar-refractivity contribution in [2.45, 2.75) is 191 Å². The summed E-state index contributed by atoms with van der Waals surface area (Å²) in [6, 6.07) is 0. The number of nitrogens with one attached hydrogen (secondary N) is 3. The summed E-state index contributed by atoms with van der Waals surface area (Å²) >= 11 is 1.70. The highest BCUT2D eigenvalue weighted by molar-refractivity contribution is 8.03. The molecular formula is C53H102Cl5N13O2S. The van der Waals surface area contributed by atoms with E-state index < -0.39 is 11.4 Å². The van der Waals surface area contributed by atoms with Gasteiger partial charge in [0.1, 0.15) is 0 Å². The minimum Gasteiger partial charge on any atom is -1.00 e. The molecule has 2 unspecified atom stereocenters. The summed E-state index contributed by atoms with van der Waals surface area (Å²) in [5.41, 5.74) is 31.3. The van der Waals surface area contributed by atoms with Crippen molar-refractivity contribution in [3.8, 4) is 0 Å². The Hall–Kier alpha value is -2.57. The molecule has 0 saturated heterocycles. The first kappa shape index (κ1) is 75.7. The predicted octanol–water partition coefficient (Wildman–Crippen LogP) is -13.6. The number of unbranched alkanes of at least 4 members (excludes halogenated alkanes) is 20. The van der Waals surface area contributed by atoms with Gasteiger partial charge in [-0.2, -0.15) is 0 Å². The van der Waals surface area contributed by atoms with Crippen LogP contribution < -0.4 is 111 Å². The first-order valence-electron chi connectivity index (χ1n) is 27.3. The number of nitrogens with two attached hydrogens (primary N) is 6. The van der Waals surface area contributed by atoms with Crippen LogP contribution in [0.25, 0.3) is 0 Å². The summed E-state index contributed by atoms with van der Waals surface area (Å²) in [4.78, 5) is 14.5. The molecule has 4 aliphatic rings. The Morgan fingerprint density at radius 1 is 0.541 bits per heavy atom. The molecule has 0 bridgehead atoms. The predicted molar refractivity (Wildman–Crippen MR) is 290 cm³/mol. The van der Waals surface area contributed by atoms with Crippen molar-refractivity contribution < 1.29 is 96.4 Å². The summed E-state index contributed by atoms with van der Waals surface area (Å²) in [5.74, 6) is 3.95. The Balaban J connectivity index is -0.00000129. The van der Waals surface area contributed by atoms with Crippen molar-refractivity contribution in [1.82, 2.24) is 9.80 Å². The van der Waals surface area contributed by atoms with Gasteiger partial charge in [-0.15, -0.1) is 24.9 Å². The number of aliphatic hydroxyl groups is 2. The van der Waals surface area contributed by atoms with E-state index in [2.05, 4.69) is 59.2 Å². The van der Waals surface area contributed by atoms with Crippen LogP contribution >= 0.6 is 11.8 Å². The molecule has 0 spiro atoms. The molecular weight excluding hydrogens is 1060 g/mol. The number of halogens is 5. The van der Waals surface area contributed by atoms with E-state index in [1.807, 2.05) is 18.2 Å². The third-order valence-electron chi connectivity index (χ3n) is 13.8. The van der Waals surface area contributed by atoms with Gasteiger partial charge in [-0.05, 0) is 70.3 Å². The third kappa shape index (κ3) is 29.8. The molecule has 432 valence electrons. The summed E-state index contributed by atoms with van der Waals surface area (Å²) in [5, 5.41) is 23.3. The zero-order valence-corrected chi connectivity index (χ0v) is 49.7. The van der Waals surface area contributed by atoms with Crippen molar-refractivity contribution >= 4 is 41.3 Å². The molecule has 17 N–H and O–H groups in total. The van der Waals surface area contributed by atoms with E-state index in [0.717, 1.165) is 152 Å². The van der Waals surface area contributed by atoms with Gasteiger partial charge in [-0.25, -0.2) is 9.80 Å². The molecule has 0 amide bonds. The van der Waals surface area contributed by atoms with Crippen LogP contribution in [0.1, 0.15) is 180 Å². The fourth-order valence-electron chi connectivity index (χ4n) is 10.0. The number of nitrogens with zero attached hydrogens (tertiary/aromatic N) is 4. The quantitative estimate of drug-likeness (QED) is 0.00912. The van der Waals surface area contributed by atoms with Crippen molar-refractivity contribution in [2.24, 2.45) is 34.4 Å². The van der Waals surface area contributed by atoms with E-state index in [9.17, 15) is 10.2 Å². The molecule has 0 radical (unpaired) electrons. The van der Waals surface area contributed by atoms with Gasteiger partial charge in [0.25, 0.3) is 11.7 Å². The fourth-order valence-corrected chi connectivity index (χ4v) is 11.1. The van der Waals surface area contributed by atoms with Gasteiger partial charge >= 0.3 is 17.9 Å². The topological polar surface area (TPSA) is 251 Å². The first-order chi connectivity index (χ1) is 33.4. The average Bonchev–Trinajstić information content (AvgIpc) is 3.82. The lowest BCUT2D eigenvalue weighted by atomic mass is 10.0. The molecule has 0 aliphatic carbocycles.